The molecule has 1 saturated heterocycles. The lowest BCUT2D eigenvalue weighted by molar-refractivity contribution is -0.146. The van der Waals surface area contributed by atoms with Crippen LogP contribution in [0.5, 0.6) is 0 Å². The lowest BCUT2D eigenvalue weighted by Crippen LogP contribution is -2.42. The van der Waals surface area contributed by atoms with Gasteiger partial charge in [-0.05, 0) is 17.5 Å². The normalized spacial score (nSPS) is 25.2. The van der Waals surface area contributed by atoms with Crippen molar-refractivity contribution in [3.05, 3.63) is 83.9 Å². The second kappa shape index (κ2) is 7.98. The van der Waals surface area contributed by atoms with Gasteiger partial charge in [-0.25, -0.2) is 0 Å². The molecule has 1 amide bonds. The minimum absolute atomic E-state index is 0.161. The number of benzene rings is 2. The average Bonchev–Trinajstić information content (AvgIpc) is 3.34. The second-order valence-electron chi connectivity index (χ2n) is 7.29. The summed E-state index contributed by atoms with van der Waals surface area (Å²) >= 11 is 0. The number of hydrogen-bond donors (Lipinski definition) is 2. The minimum atomic E-state index is -0.983. The van der Waals surface area contributed by atoms with Crippen LogP contribution < -0.4 is 5.32 Å². The van der Waals surface area contributed by atoms with E-state index >= 15 is 0 Å². The highest BCUT2D eigenvalue weighted by Crippen LogP contribution is 2.39. The predicted molar refractivity (Wildman–Crippen MR) is 105 cm³/mol. The lowest BCUT2D eigenvalue weighted by atomic mass is 9.82. The monoisotopic (exact) mass is 377 g/mol. The van der Waals surface area contributed by atoms with Crippen molar-refractivity contribution >= 4 is 11.9 Å². The molecule has 2 aromatic rings. The third kappa shape index (κ3) is 3.58. The Morgan fingerprint density at radius 1 is 0.893 bits per heavy atom. The highest BCUT2D eigenvalue weighted by atomic mass is 16.5. The third-order valence-electron chi connectivity index (χ3n) is 5.62. The molecule has 4 atom stereocenters. The molecule has 2 heterocycles. The van der Waals surface area contributed by atoms with Crippen molar-refractivity contribution in [2.75, 3.05) is 6.54 Å². The van der Waals surface area contributed by atoms with E-state index in [2.05, 4.69) is 29.6 Å². The van der Waals surface area contributed by atoms with Crippen molar-refractivity contribution in [3.63, 3.8) is 0 Å². The molecule has 2 N–H and O–H groups in total. The van der Waals surface area contributed by atoms with Gasteiger partial charge in [-0.1, -0.05) is 72.8 Å². The Labute approximate surface area is 164 Å². The number of carbonyl (C=O) groups is 2. The molecule has 4 rings (SSSR count). The third-order valence-corrected chi connectivity index (χ3v) is 5.62. The van der Waals surface area contributed by atoms with Crippen LogP contribution in [0, 0.1) is 11.8 Å². The number of hydrogen-bond acceptors (Lipinski definition) is 3. The largest absolute Gasteiger partial charge is 0.481 e. The molecule has 2 aliphatic heterocycles. The Bertz CT molecular complexity index is 825. The molecule has 0 saturated carbocycles. The minimum Gasteiger partial charge on any atom is -0.481 e. The molecular weight excluding hydrogens is 354 g/mol. The fourth-order valence-corrected chi connectivity index (χ4v) is 4.27. The van der Waals surface area contributed by atoms with Gasteiger partial charge in [-0.3, -0.25) is 9.59 Å². The summed E-state index contributed by atoms with van der Waals surface area (Å²) in [5.41, 5.74) is 2.38. The molecule has 2 bridgehead atoms. The molecular formula is C23H23NO4. The fraction of sp³-hybridized carbons (Fsp3) is 0.304. The van der Waals surface area contributed by atoms with E-state index < -0.39 is 30.0 Å². The highest BCUT2D eigenvalue weighted by molar-refractivity contribution is 5.87. The number of fused-ring (bicyclic) bond motifs is 2. The van der Waals surface area contributed by atoms with Crippen molar-refractivity contribution in [1.29, 1.82) is 0 Å². The Hall–Kier alpha value is -2.92. The molecule has 144 valence electrons. The Morgan fingerprint density at radius 2 is 1.43 bits per heavy atom. The molecule has 2 aromatic carbocycles. The predicted octanol–water partition coefficient (Wildman–Crippen LogP) is 2.98. The van der Waals surface area contributed by atoms with Crippen LogP contribution in [0.15, 0.2) is 72.8 Å². The van der Waals surface area contributed by atoms with Gasteiger partial charge in [0.15, 0.2) is 0 Å². The van der Waals surface area contributed by atoms with Crippen LogP contribution in [0.4, 0.5) is 0 Å². The van der Waals surface area contributed by atoms with E-state index in [9.17, 15) is 14.7 Å². The summed E-state index contributed by atoms with van der Waals surface area (Å²) < 4.78 is 5.59. The van der Waals surface area contributed by atoms with Crippen molar-refractivity contribution < 1.29 is 19.4 Å². The number of ether oxygens (including phenoxy) is 1. The second-order valence-corrected chi connectivity index (χ2v) is 7.29. The molecule has 5 heteroatoms. The van der Waals surface area contributed by atoms with Gasteiger partial charge in [0.2, 0.25) is 5.91 Å². The number of aliphatic carboxylic acids is 1. The molecule has 0 spiro atoms. The molecule has 0 radical (unpaired) electrons. The summed E-state index contributed by atoms with van der Waals surface area (Å²) in [6.07, 6.45) is 3.33. The molecule has 0 aromatic heterocycles. The topological polar surface area (TPSA) is 75.6 Å². The van der Waals surface area contributed by atoms with Crippen LogP contribution in [0.2, 0.25) is 0 Å². The first-order chi connectivity index (χ1) is 13.6. The quantitative estimate of drug-likeness (QED) is 0.728. The summed E-state index contributed by atoms with van der Waals surface area (Å²) in [5.74, 6) is -2.55. The SMILES string of the molecule is O=C(O)[C@@H]1[C@@H](C(=O)NCCC(c2ccccc2)c2ccccc2)[C@H]2C=C[C@H]1O2. The lowest BCUT2D eigenvalue weighted by Gasteiger charge is -2.22. The number of carbonyl (C=O) groups excluding carboxylic acids is 1. The van der Waals surface area contributed by atoms with Gasteiger partial charge in [0.1, 0.15) is 5.92 Å². The number of rotatable bonds is 7. The van der Waals surface area contributed by atoms with Crippen LogP contribution in [-0.4, -0.2) is 35.7 Å². The van der Waals surface area contributed by atoms with Crippen molar-refractivity contribution in [1.82, 2.24) is 5.32 Å². The Kier molecular flexibility index (Phi) is 5.26. The van der Waals surface area contributed by atoms with E-state index in [0.29, 0.717) is 6.54 Å². The van der Waals surface area contributed by atoms with Crippen molar-refractivity contribution in [3.8, 4) is 0 Å². The number of carboxylic acids is 1. The molecule has 0 aliphatic carbocycles. The number of amides is 1. The van der Waals surface area contributed by atoms with Crippen LogP contribution in [0.25, 0.3) is 0 Å². The molecule has 1 fully saturated rings. The first kappa shape index (κ1) is 18.4. The van der Waals surface area contributed by atoms with Gasteiger partial charge < -0.3 is 15.2 Å². The van der Waals surface area contributed by atoms with Crippen molar-refractivity contribution in [2.45, 2.75) is 24.5 Å². The van der Waals surface area contributed by atoms with Crippen LogP contribution >= 0.6 is 0 Å². The maximum atomic E-state index is 12.7. The van der Waals surface area contributed by atoms with E-state index in [0.717, 1.165) is 6.42 Å². The summed E-state index contributed by atoms with van der Waals surface area (Å²) in [6.45, 7) is 0.469. The number of carboxylic acid groups (broad SMARTS) is 1. The van der Waals surface area contributed by atoms with Gasteiger partial charge in [-0.2, -0.15) is 0 Å². The van der Waals surface area contributed by atoms with Gasteiger partial charge in [-0.15, -0.1) is 0 Å². The van der Waals surface area contributed by atoms with Crippen LogP contribution in [0.1, 0.15) is 23.5 Å². The van der Waals surface area contributed by atoms with Crippen molar-refractivity contribution in [2.24, 2.45) is 11.8 Å². The molecule has 2 aliphatic rings. The fourth-order valence-electron chi connectivity index (χ4n) is 4.27. The zero-order valence-electron chi connectivity index (χ0n) is 15.4. The first-order valence-electron chi connectivity index (χ1n) is 9.59. The summed E-state index contributed by atoms with van der Waals surface area (Å²) in [4.78, 5) is 24.3. The van der Waals surface area contributed by atoms with E-state index in [-0.39, 0.29) is 11.8 Å². The molecule has 28 heavy (non-hydrogen) atoms. The highest BCUT2D eigenvalue weighted by Gasteiger charge is 2.53. The molecule has 0 unspecified atom stereocenters. The standard InChI is InChI=1S/C23H23NO4/c25-22(20-18-11-12-19(28-18)21(20)23(26)27)24-14-13-17(15-7-3-1-4-8-15)16-9-5-2-6-10-16/h1-12,17-21H,13-14H2,(H,24,25)(H,26,27)/t18-,19-,20+,21+/m1/s1. The van der Waals surface area contributed by atoms with Crippen LogP contribution in [0.3, 0.4) is 0 Å². The number of nitrogens with one attached hydrogen (secondary N) is 1. The zero-order chi connectivity index (χ0) is 19.5. The summed E-state index contributed by atoms with van der Waals surface area (Å²) in [6, 6.07) is 20.4. The van der Waals surface area contributed by atoms with Crippen LogP contribution in [-0.2, 0) is 14.3 Å². The van der Waals surface area contributed by atoms with E-state index in [1.165, 1.54) is 11.1 Å². The van der Waals surface area contributed by atoms with Gasteiger partial charge >= 0.3 is 5.97 Å². The maximum absolute atomic E-state index is 12.7. The Balaban J connectivity index is 1.43. The Morgan fingerprint density at radius 3 is 1.96 bits per heavy atom. The van der Waals surface area contributed by atoms with Gasteiger partial charge in [0.05, 0.1) is 18.1 Å². The van der Waals surface area contributed by atoms with Gasteiger partial charge in [0.25, 0.3) is 0 Å². The van der Waals surface area contributed by atoms with E-state index in [4.69, 9.17) is 4.74 Å². The van der Waals surface area contributed by atoms with E-state index in [1.807, 2.05) is 36.4 Å². The molecule has 5 nitrogen and oxygen atoms in total. The summed E-state index contributed by atoms with van der Waals surface area (Å²) in [7, 11) is 0. The summed E-state index contributed by atoms with van der Waals surface area (Å²) in [5, 5.41) is 12.4. The first-order valence-corrected chi connectivity index (χ1v) is 9.59. The zero-order valence-corrected chi connectivity index (χ0v) is 15.4. The van der Waals surface area contributed by atoms with E-state index in [1.54, 1.807) is 12.2 Å². The maximum Gasteiger partial charge on any atom is 0.310 e. The van der Waals surface area contributed by atoms with Gasteiger partial charge in [0, 0.05) is 12.5 Å². The smallest absolute Gasteiger partial charge is 0.310 e. The average molecular weight is 377 g/mol.